The number of carbonyl (C=O) groups is 1. The molecular formula is C24H28FN5O4S. The van der Waals surface area contributed by atoms with Crippen LogP contribution in [0.1, 0.15) is 54.1 Å². The van der Waals surface area contributed by atoms with Crippen LogP contribution in [0, 0.1) is 11.7 Å². The summed E-state index contributed by atoms with van der Waals surface area (Å²) in [6.07, 6.45) is 0.751. The first-order chi connectivity index (χ1) is 16.6. The molecule has 2 heterocycles. The maximum atomic E-state index is 13.7. The van der Waals surface area contributed by atoms with Gasteiger partial charge in [0.2, 0.25) is 0 Å². The van der Waals surface area contributed by atoms with E-state index in [9.17, 15) is 17.6 Å². The molecule has 35 heavy (non-hydrogen) atoms. The second kappa shape index (κ2) is 10.1. The van der Waals surface area contributed by atoms with Gasteiger partial charge in [-0.2, -0.15) is 4.98 Å². The number of halogens is 1. The molecule has 0 saturated heterocycles. The minimum absolute atomic E-state index is 0.0316. The van der Waals surface area contributed by atoms with Crippen molar-refractivity contribution in [1.29, 1.82) is 0 Å². The van der Waals surface area contributed by atoms with Crippen molar-refractivity contribution >= 4 is 21.9 Å². The summed E-state index contributed by atoms with van der Waals surface area (Å²) in [5.41, 5.74) is 2.80. The highest BCUT2D eigenvalue weighted by atomic mass is 32.2. The molecule has 1 aliphatic heterocycles. The standard InChI is InChI=1S/C24H28FN5O4S/c1-15(2)13-26-23(31)22-27-24(34-28-22)29-35(32,33)21-8-7-17-9-10-30(14-19(17)12-21)16(3)18-5-4-6-20(25)11-18/h4-8,11-12,15-16H,9-10,13-14H2,1-3H3,(H,26,31)(H,27,28,29). The lowest BCUT2D eigenvalue weighted by Crippen LogP contribution is -2.33. The smallest absolute Gasteiger partial charge is 0.335 e. The van der Waals surface area contributed by atoms with E-state index < -0.39 is 21.9 Å². The number of fused-ring (bicyclic) bond motifs is 1. The number of aromatic nitrogens is 2. The summed E-state index contributed by atoms with van der Waals surface area (Å²) in [4.78, 5) is 18.1. The molecule has 0 radical (unpaired) electrons. The minimum Gasteiger partial charge on any atom is -0.349 e. The van der Waals surface area contributed by atoms with E-state index in [1.807, 2.05) is 26.8 Å². The summed E-state index contributed by atoms with van der Waals surface area (Å²) in [5, 5.41) is 6.19. The molecule has 0 fully saturated rings. The van der Waals surface area contributed by atoms with E-state index in [4.69, 9.17) is 4.52 Å². The molecule has 0 aliphatic carbocycles. The third-order valence-corrected chi connectivity index (χ3v) is 7.25. The molecule has 9 nitrogen and oxygen atoms in total. The van der Waals surface area contributed by atoms with E-state index in [0.717, 1.165) is 29.7 Å². The van der Waals surface area contributed by atoms with Crippen LogP contribution < -0.4 is 10.0 Å². The van der Waals surface area contributed by atoms with Gasteiger partial charge < -0.3 is 9.84 Å². The number of benzene rings is 2. The molecule has 0 saturated carbocycles. The second-order valence-electron chi connectivity index (χ2n) is 9.01. The third-order valence-electron chi connectivity index (χ3n) is 5.93. The average molecular weight is 502 g/mol. The molecule has 0 bridgehead atoms. The SMILES string of the molecule is CC(C)CNC(=O)c1noc(NS(=O)(=O)c2ccc3c(c2)CN(C(C)c2cccc(F)c2)CC3)n1. The van der Waals surface area contributed by atoms with Crippen LogP contribution in [0.5, 0.6) is 0 Å². The Kier molecular flexibility index (Phi) is 7.18. The van der Waals surface area contributed by atoms with Gasteiger partial charge in [0.05, 0.1) is 4.90 Å². The van der Waals surface area contributed by atoms with Crippen molar-refractivity contribution < 1.29 is 22.1 Å². The quantitative estimate of drug-likeness (QED) is 0.485. The van der Waals surface area contributed by atoms with Crippen LogP contribution in [0.4, 0.5) is 10.4 Å². The van der Waals surface area contributed by atoms with Gasteiger partial charge in [0.1, 0.15) is 5.82 Å². The predicted octanol–water partition coefficient (Wildman–Crippen LogP) is 3.51. The Morgan fingerprint density at radius 1 is 1.17 bits per heavy atom. The lowest BCUT2D eigenvalue weighted by Gasteiger charge is -2.34. The van der Waals surface area contributed by atoms with Crippen LogP contribution in [0.25, 0.3) is 0 Å². The van der Waals surface area contributed by atoms with E-state index in [-0.39, 0.29) is 28.5 Å². The van der Waals surface area contributed by atoms with Gasteiger partial charge in [-0.1, -0.05) is 32.0 Å². The number of anilines is 1. The van der Waals surface area contributed by atoms with Crippen molar-refractivity contribution in [2.24, 2.45) is 5.92 Å². The molecule has 2 aromatic carbocycles. The van der Waals surface area contributed by atoms with Gasteiger partial charge in [0.15, 0.2) is 0 Å². The van der Waals surface area contributed by atoms with Crippen LogP contribution in [0.2, 0.25) is 0 Å². The molecule has 0 spiro atoms. The average Bonchev–Trinajstić information content (AvgIpc) is 3.29. The highest BCUT2D eigenvalue weighted by Crippen LogP contribution is 2.29. The highest BCUT2D eigenvalue weighted by Gasteiger charge is 2.25. The van der Waals surface area contributed by atoms with E-state index in [1.165, 1.54) is 18.2 Å². The number of amides is 1. The fourth-order valence-corrected chi connectivity index (χ4v) is 4.91. The first kappa shape index (κ1) is 24.8. The Labute approximate surface area is 203 Å². The molecule has 1 aliphatic rings. The zero-order valence-electron chi connectivity index (χ0n) is 19.8. The molecular weight excluding hydrogens is 473 g/mol. The van der Waals surface area contributed by atoms with Gasteiger partial charge >= 0.3 is 6.01 Å². The summed E-state index contributed by atoms with van der Waals surface area (Å²) in [6, 6.07) is 11.0. The van der Waals surface area contributed by atoms with Crippen molar-refractivity contribution in [3.05, 3.63) is 70.8 Å². The van der Waals surface area contributed by atoms with Gasteiger partial charge in [0, 0.05) is 25.7 Å². The number of nitrogens with one attached hydrogen (secondary N) is 2. The fourth-order valence-electron chi connectivity index (χ4n) is 3.94. The Bertz CT molecular complexity index is 1320. The summed E-state index contributed by atoms with van der Waals surface area (Å²) in [5.74, 6) is -0.849. The van der Waals surface area contributed by atoms with Gasteiger partial charge in [-0.05, 0) is 65.4 Å². The molecule has 186 valence electrons. The highest BCUT2D eigenvalue weighted by molar-refractivity contribution is 7.92. The molecule has 1 atom stereocenters. The van der Waals surface area contributed by atoms with Gasteiger partial charge in [0.25, 0.3) is 21.8 Å². The van der Waals surface area contributed by atoms with Gasteiger partial charge in [-0.15, -0.1) is 0 Å². The van der Waals surface area contributed by atoms with Crippen molar-refractivity contribution in [3.8, 4) is 0 Å². The summed E-state index contributed by atoms with van der Waals surface area (Å²) in [7, 11) is -4.03. The van der Waals surface area contributed by atoms with Crippen LogP contribution in [-0.2, 0) is 23.0 Å². The van der Waals surface area contributed by atoms with Crippen molar-refractivity contribution in [1.82, 2.24) is 20.4 Å². The van der Waals surface area contributed by atoms with Gasteiger partial charge in [-0.25, -0.2) is 17.5 Å². The number of rotatable bonds is 8. The Morgan fingerprint density at radius 2 is 1.97 bits per heavy atom. The lowest BCUT2D eigenvalue weighted by molar-refractivity contribution is 0.0935. The van der Waals surface area contributed by atoms with Crippen LogP contribution in [0.15, 0.2) is 51.9 Å². The van der Waals surface area contributed by atoms with E-state index in [0.29, 0.717) is 13.1 Å². The van der Waals surface area contributed by atoms with Crippen molar-refractivity contribution in [3.63, 3.8) is 0 Å². The van der Waals surface area contributed by atoms with E-state index >= 15 is 0 Å². The lowest BCUT2D eigenvalue weighted by atomic mass is 9.97. The van der Waals surface area contributed by atoms with Crippen LogP contribution in [0.3, 0.4) is 0 Å². The Balaban J connectivity index is 1.48. The number of hydrogen-bond acceptors (Lipinski definition) is 7. The molecule has 3 aromatic rings. The molecule has 1 amide bonds. The number of sulfonamides is 1. The minimum atomic E-state index is -4.03. The predicted molar refractivity (Wildman–Crippen MR) is 128 cm³/mol. The maximum absolute atomic E-state index is 13.7. The fraction of sp³-hybridized carbons (Fsp3) is 0.375. The number of nitrogens with zero attached hydrogens (tertiary/aromatic N) is 3. The van der Waals surface area contributed by atoms with Crippen molar-refractivity contribution in [2.45, 2.75) is 44.7 Å². The first-order valence-corrected chi connectivity index (χ1v) is 12.9. The summed E-state index contributed by atoms with van der Waals surface area (Å²) < 4.78 is 46.8. The molecule has 4 rings (SSSR count). The number of carbonyl (C=O) groups excluding carboxylic acids is 1. The Hall–Kier alpha value is -3.31. The third kappa shape index (κ3) is 5.85. The topological polar surface area (TPSA) is 117 Å². The molecule has 1 unspecified atom stereocenters. The van der Waals surface area contributed by atoms with E-state index in [2.05, 4.69) is 25.1 Å². The maximum Gasteiger partial charge on any atom is 0.335 e. The zero-order chi connectivity index (χ0) is 25.2. The van der Waals surface area contributed by atoms with Crippen LogP contribution in [-0.4, -0.2) is 42.5 Å². The zero-order valence-corrected chi connectivity index (χ0v) is 20.6. The van der Waals surface area contributed by atoms with Crippen molar-refractivity contribution in [2.75, 3.05) is 17.8 Å². The largest absolute Gasteiger partial charge is 0.349 e. The normalized spacial score (nSPS) is 15.0. The van der Waals surface area contributed by atoms with Crippen LogP contribution >= 0.6 is 0 Å². The Morgan fingerprint density at radius 3 is 2.71 bits per heavy atom. The molecule has 1 aromatic heterocycles. The summed E-state index contributed by atoms with van der Waals surface area (Å²) >= 11 is 0. The first-order valence-electron chi connectivity index (χ1n) is 11.4. The summed E-state index contributed by atoms with van der Waals surface area (Å²) in [6.45, 7) is 7.62. The van der Waals surface area contributed by atoms with E-state index in [1.54, 1.807) is 18.2 Å². The van der Waals surface area contributed by atoms with Gasteiger partial charge in [-0.3, -0.25) is 9.69 Å². The monoisotopic (exact) mass is 501 g/mol. The molecule has 11 heteroatoms. The number of hydrogen-bond donors (Lipinski definition) is 2. The molecule has 2 N–H and O–H groups in total. The second-order valence-corrected chi connectivity index (χ2v) is 10.7.